The molecule has 1 unspecified atom stereocenters. The van der Waals surface area contributed by atoms with Crippen LogP contribution >= 0.6 is 0 Å². The van der Waals surface area contributed by atoms with Gasteiger partial charge in [-0.25, -0.2) is 4.98 Å². The van der Waals surface area contributed by atoms with E-state index in [0.29, 0.717) is 25.8 Å². The first-order chi connectivity index (χ1) is 9.15. The van der Waals surface area contributed by atoms with Crippen LogP contribution in [0.5, 0.6) is 0 Å². The van der Waals surface area contributed by atoms with Crippen molar-refractivity contribution in [1.82, 2.24) is 15.3 Å². The molecule has 0 aliphatic heterocycles. The van der Waals surface area contributed by atoms with Gasteiger partial charge in [0.05, 0.1) is 17.1 Å². The van der Waals surface area contributed by atoms with Crippen LogP contribution in [0.1, 0.15) is 25.6 Å². The summed E-state index contributed by atoms with van der Waals surface area (Å²) in [7, 11) is 0. The van der Waals surface area contributed by atoms with Crippen molar-refractivity contribution >= 4 is 16.9 Å². The fourth-order valence-electron chi connectivity index (χ4n) is 1.87. The number of nitrogens with one attached hydrogen (secondary N) is 2. The lowest BCUT2D eigenvalue weighted by atomic mass is 10.2. The number of benzene rings is 1. The molecule has 1 aromatic heterocycles. The molecule has 0 saturated heterocycles. The second kappa shape index (κ2) is 6.33. The van der Waals surface area contributed by atoms with Gasteiger partial charge in [0.2, 0.25) is 5.91 Å². The summed E-state index contributed by atoms with van der Waals surface area (Å²) in [5.41, 5.74) is 1.95. The van der Waals surface area contributed by atoms with E-state index in [4.69, 9.17) is 5.11 Å². The number of amides is 1. The van der Waals surface area contributed by atoms with E-state index in [2.05, 4.69) is 15.3 Å². The summed E-state index contributed by atoms with van der Waals surface area (Å²) < 4.78 is 0. The van der Waals surface area contributed by atoms with Crippen LogP contribution in [-0.2, 0) is 11.2 Å². The second-order valence-electron chi connectivity index (χ2n) is 4.69. The molecular weight excluding hydrogens is 242 g/mol. The second-order valence-corrected chi connectivity index (χ2v) is 4.69. The van der Waals surface area contributed by atoms with Gasteiger partial charge in [0, 0.05) is 19.4 Å². The summed E-state index contributed by atoms with van der Waals surface area (Å²) >= 11 is 0. The van der Waals surface area contributed by atoms with Gasteiger partial charge in [0.15, 0.2) is 0 Å². The van der Waals surface area contributed by atoms with Crippen molar-refractivity contribution in [2.45, 2.75) is 32.3 Å². The SMILES string of the molecule is CC(O)CCC(=O)NCCc1nc2ccccc2[nH]1. The highest BCUT2D eigenvalue weighted by atomic mass is 16.3. The maximum atomic E-state index is 11.5. The minimum atomic E-state index is -0.430. The molecule has 2 rings (SSSR count). The quantitative estimate of drug-likeness (QED) is 0.735. The van der Waals surface area contributed by atoms with Crippen molar-refractivity contribution in [2.75, 3.05) is 6.54 Å². The summed E-state index contributed by atoms with van der Waals surface area (Å²) in [5, 5.41) is 11.9. The first kappa shape index (κ1) is 13.5. The van der Waals surface area contributed by atoms with Gasteiger partial charge >= 0.3 is 0 Å². The third-order valence-corrected chi connectivity index (χ3v) is 2.91. The molecule has 0 radical (unpaired) electrons. The van der Waals surface area contributed by atoms with Crippen molar-refractivity contribution in [3.63, 3.8) is 0 Å². The van der Waals surface area contributed by atoms with Crippen LogP contribution in [0.2, 0.25) is 0 Å². The van der Waals surface area contributed by atoms with E-state index in [0.717, 1.165) is 16.9 Å². The van der Waals surface area contributed by atoms with Crippen molar-refractivity contribution in [3.8, 4) is 0 Å². The summed E-state index contributed by atoms with van der Waals surface area (Å²) in [5.74, 6) is 0.842. The lowest BCUT2D eigenvalue weighted by Crippen LogP contribution is -2.26. The maximum Gasteiger partial charge on any atom is 0.220 e. The molecule has 0 spiro atoms. The Balaban J connectivity index is 1.77. The number of aliphatic hydroxyl groups excluding tert-OH is 1. The van der Waals surface area contributed by atoms with E-state index in [9.17, 15) is 4.79 Å². The van der Waals surface area contributed by atoms with Crippen molar-refractivity contribution in [1.29, 1.82) is 0 Å². The smallest absolute Gasteiger partial charge is 0.220 e. The maximum absolute atomic E-state index is 11.5. The Bertz CT molecular complexity index is 515. The van der Waals surface area contributed by atoms with Gasteiger partial charge < -0.3 is 15.4 Å². The minimum absolute atomic E-state index is 0.0305. The average Bonchev–Trinajstić information content (AvgIpc) is 2.79. The zero-order valence-corrected chi connectivity index (χ0v) is 11.0. The number of para-hydroxylation sites is 2. The Kier molecular flexibility index (Phi) is 4.52. The molecule has 1 amide bonds. The molecule has 3 N–H and O–H groups in total. The van der Waals surface area contributed by atoms with E-state index in [1.807, 2.05) is 24.3 Å². The molecule has 0 saturated carbocycles. The molecule has 5 heteroatoms. The number of nitrogens with zero attached hydrogens (tertiary/aromatic N) is 1. The number of H-pyrrole nitrogens is 1. The third-order valence-electron chi connectivity index (χ3n) is 2.91. The van der Waals surface area contributed by atoms with E-state index in [1.54, 1.807) is 6.92 Å². The molecule has 19 heavy (non-hydrogen) atoms. The van der Waals surface area contributed by atoms with Gasteiger partial charge in [0.1, 0.15) is 5.82 Å². The monoisotopic (exact) mass is 261 g/mol. The largest absolute Gasteiger partial charge is 0.393 e. The lowest BCUT2D eigenvalue weighted by molar-refractivity contribution is -0.121. The number of hydrogen-bond donors (Lipinski definition) is 3. The molecule has 5 nitrogen and oxygen atoms in total. The van der Waals surface area contributed by atoms with Gasteiger partial charge in [-0.3, -0.25) is 4.79 Å². The number of aromatic amines is 1. The molecule has 1 heterocycles. The number of hydrogen-bond acceptors (Lipinski definition) is 3. The van der Waals surface area contributed by atoms with Crippen LogP contribution in [0.25, 0.3) is 11.0 Å². The first-order valence-electron chi connectivity index (χ1n) is 6.53. The van der Waals surface area contributed by atoms with Gasteiger partial charge in [-0.15, -0.1) is 0 Å². The molecule has 0 aliphatic carbocycles. The minimum Gasteiger partial charge on any atom is -0.393 e. The van der Waals surface area contributed by atoms with Gasteiger partial charge in [0.25, 0.3) is 0 Å². The fourth-order valence-corrected chi connectivity index (χ4v) is 1.87. The molecular formula is C14H19N3O2. The Morgan fingerprint density at radius 3 is 3.00 bits per heavy atom. The Morgan fingerprint density at radius 1 is 1.47 bits per heavy atom. The lowest BCUT2D eigenvalue weighted by Gasteiger charge is -2.05. The predicted molar refractivity (Wildman–Crippen MR) is 73.7 cm³/mol. The van der Waals surface area contributed by atoms with Crippen molar-refractivity contribution in [2.24, 2.45) is 0 Å². The standard InChI is InChI=1S/C14H19N3O2/c1-10(18)6-7-14(19)15-9-8-13-16-11-4-2-3-5-12(11)17-13/h2-5,10,18H,6-9H2,1H3,(H,15,19)(H,16,17). The Labute approximate surface area is 112 Å². The van der Waals surface area contributed by atoms with Gasteiger partial charge in [-0.2, -0.15) is 0 Å². The number of imidazole rings is 1. The van der Waals surface area contributed by atoms with E-state index in [1.165, 1.54) is 0 Å². The molecule has 1 aromatic carbocycles. The number of fused-ring (bicyclic) bond motifs is 1. The van der Waals surface area contributed by atoms with E-state index in [-0.39, 0.29) is 5.91 Å². The van der Waals surface area contributed by atoms with E-state index >= 15 is 0 Å². The first-order valence-corrected chi connectivity index (χ1v) is 6.53. The number of carbonyl (C=O) groups is 1. The normalized spacial score (nSPS) is 12.5. The highest BCUT2D eigenvalue weighted by Crippen LogP contribution is 2.10. The molecule has 0 aliphatic rings. The molecule has 0 fully saturated rings. The van der Waals surface area contributed by atoms with Crippen molar-refractivity contribution < 1.29 is 9.90 Å². The Hall–Kier alpha value is -1.88. The summed E-state index contributed by atoms with van der Waals surface area (Å²) in [6, 6.07) is 7.84. The molecule has 1 atom stereocenters. The van der Waals surface area contributed by atoms with Crippen molar-refractivity contribution in [3.05, 3.63) is 30.1 Å². The van der Waals surface area contributed by atoms with Gasteiger partial charge in [-0.1, -0.05) is 12.1 Å². The number of rotatable bonds is 6. The fraction of sp³-hybridized carbons (Fsp3) is 0.429. The van der Waals surface area contributed by atoms with Crippen LogP contribution < -0.4 is 5.32 Å². The number of aromatic nitrogens is 2. The highest BCUT2D eigenvalue weighted by molar-refractivity contribution is 5.76. The predicted octanol–water partition coefficient (Wildman–Crippen LogP) is 1.38. The topological polar surface area (TPSA) is 78.0 Å². The Morgan fingerprint density at radius 2 is 2.26 bits per heavy atom. The van der Waals surface area contributed by atoms with E-state index < -0.39 is 6.10 Å². The van der Waals surface area contributed by atoms with Crippen LogP contribution in [0.4, 0.5) is 0 Å². The molecule has 2 aromatic rings. The van der Waals surface area contributed by atoms with Crippen LogP contribution in [0.3, 0.4) is 0 Å². The highest BCUT2D eigenvalue weighted by Gasteiger charge is 2.05. The van der Waals surface area contributed by atoms with Crippen LogP contribution in [-0.4, -0.2) is 33.6 Å². The third kappa shape index (κ3) is 4.06. The number of carbonyl (C=O) groups excluding carboxylic acids is 1. The van der Waals surface area contributed by atoms with Crippen LogP contribution in [0.15, 0.2) is 24.3 Å². The zero-order chi connectivity index (χ0) is 13.7. The molecule has 102 valence electrons. The summed E-state index contributed by atoms with van der Waals surface area (Å²) in [4.78, 5) is 19.1. The zero-order valence-electron chi connectivity index (χ0n) is 11.0. The summed E-state index contributed by atoms with van der Waals surface area (Å²) in [6.45, 7) is 2.24. The summed E-state index contributed by atoms with van der Waals surface area (Å²) in [6.07, 6.45) is 1.10. The average molecular weight is 261 g/mol. The van der Waals surface area contributed by atoms with Gasteiger partial charge in [-0.05, 0) is 25.5 Å². The molecule has 0 bridgehead atoms. The van der Waals surface area contributed by atoms with Crippen LogP contribution in [0, 0.1) is 0 Å². The number of aliphatic hydroxyl groups is 1.